The van der Waals surface area contributed by atoms with Gasteiger partial charge in [0, 0.05) is 6.54 Å². The van der Waals surface area contributed by atoms with Crippen LogP contribution in [0.5, 0.6) is 0 Å². The molecule has 3 aliphatic rings. The van der Waals surface area contributed by atoms with E-state index in [-0.39, 0.29) is 12.5 Å². The summed E-state index contributed by atoms with van der Waals surface area (Å²) in [7, 11) is 0. The molecule has 0 aliphatic heterocycles. The number of hydrogen-bond acceptors (Lipinski definition) is 2. The summed E-state index contributed by atoms with van der Waals surface area (Å²) in [6, 6.07) is 0. The predicted molar refractivity (Wildman–Crippen MR) is 58.3 cm³/mol. The zero-order valence-electron chi connectivity index (χ0n) is 9.57. The van der Waals surface area contributed by atoms with Gasteiger partial charge in [0.05, 0.1) is 5.92 Å². The molecule has 0 spiro atoms. The molecule has 3 nitrogen and oxygen atoms in total. The van der Waals surface area contributed by atoms with Crippen molar-refractivity contribution in [3.05, 3.63) is 0 Å². The maximum atomic E-state index is 11.1. The summed E-state index contributed by atoms with van der Waals surface area (Å²) in [5.41, 5.74) is 5.94. The largest absolute Gasteiger partial charge is 0.481 e. The molecule has 0 amide bonds. The van der Waals surface area contributed by atoms with E-state index in [9.17, 15) is 4.79 Å². The van der Waals surface area contributed by atoms with Crippen LogP contribution in [0.25, 0.3) is 0 Å². The molecular formula is C12H21NO2. The zero-order valence-corrected chi connectivity index (χ0v) is 9.57. The van der Waals surface area contributed by atoms with Crippen LogP contribution in [0.2, 0.25) is 0 Å². The fourth-order valence-corrected chi connectivity index (χ4v) is 3.81. The molecule has 0 aromatic heterocycles. The monoisotopic (exact) mass is 211 g/mol. The van der Waals surface area contributed by atoms with Crippen LogP contribution in [0.1, 0.15) is 33.1 Å². The highest BCUT2D eigenvalue weighted by Crippen LogP contribution is 2.62. The summed E-state index contributed by atoms with van der Waals surface area (Å²) in [4.78, 5) is 11.1. The molecule has 0 heterocycles. The molecule has 86 valence electrons. The third-order valence-corrected chi connectivity index (χ3v) is 5.00. The molecule has 0 aromatic rings. The van der Waals surface area contributed by atoms with Gasteiger partial charge in [0.25, 0.3) is 0 Å². The van der Waals surface area contributed by atoms with Gasteiger partial charge in [-0.1, -0.05) is 13.8 Å². The molecule has 3 aliphatic carbocycles. The van der Waals surface area contributed by atoms with E-state index in [2.05, 4.69) is 13.8 Å². The minimum Gasteiger partial charge on any atom is -0.481 e. The van der Waals surface area contributed by atoms with Gasteiger partial charge in [0.15, 0.2) is 0 Å². The average molecular weight is 211 g/mol. The highest BCUT2D eigenvalue weighted by atomic mass is 16.4. The first-order valence-corrected chi connectivity index (χ1v) is 5.91. The number of hydrogen-bond donors (Lipinski definition) is 2. The van der Waals surface area contributed by atoms with E-state index < -0.39 is 5.97 Å². The van der Waals surface area contributed by atoms with Crippen LogP contribution in [0.3, 0.4) is 0 Å². The lowest BCUT2D eigenvalue weighted by molar-refractivity contribution is -0.157. The van der Waals surface area contributed by atoms with Gasteiger partial charge in [-0.15, -0.1) is 0 Å². The van der Waals surface area contributed by atoms with E-state index in [4.69, 9.17) is 10.8 Å². The van der Waals surface area contributed by atoms with Crippen molar-refractivity contribution in [3.63, 3.8) is 0 Å². The molecule has 4 unspecified atom stereocenters. The first-order valence-electron chi connectivity index (χ1n) is 5.91. The molecule has 0 radical (unpaired) electrons. The molecule has 3 rings (SSSR count). The lowest BCUT2D eigenvalue weighted by Crippen LogP contribution is -2.55. The van der Waals surface area contributed by atoms with Crippen molar-refractivity contribution in [2.75, 3.05) is 6.54 Å². The van der Waals surface area contributed by atoms with Gasteiger partial charge in [-0.3, -0.25) is 4.79 Å². The standard InChI is InChI=1S/C12H21NO2/c1-12(2)7-3-4-8(10(12)5-7)9(6-13)11(14)15/h7-10H,3-6,13H2,1-2H3,(H,14,15). The fraction of sp³-hybridized carbons (Fsp3) is 0.917. The number of carbonyl (C=O) groups is 1. The summed E-state index contributed by atoms with van der Waals surface area (Å²) < 4.78 is 0. The van der Waals surface area contributed by atoms with Crippen LogP contribution in [0.4, 0.5) is 0 Å². The van der Waals surface area contributed by atoms with Crippen LogP contribution >= 0.6 is 0 Å². The van der Waals surface area contributed by atoms with Gasteiger partial charge in [-0.25, -0.2) is 0 Å². The topological polar surface area (TPSA) is 63.3 Å². The summed E-state index contributed by atoms with van der Waals surface area (Å²) in [5.74, 6) is 0.693. The highest BCUT2D eigenvalue weighted by molar-refractivity contribution is 5.70. The Morgan fingerprint density at radius 1 is 1.53 bits per heavy atom. The first kappa shape index (κ1) is 10.9. The lowest BCUT2D eigenvalue weighted by Gasteiger charge is -2.61. The van der Waals surface area contributed by atoms with Gasteiger partial charge in [0.1, 0.15) is 0 Å². The van der Waals surface area contributed by atoms with Crippen molar-refractivity contribution in [2.45, 2.75) is 33.1 Å². The minimum absolute atomic E-state index is 0.289. The number of fused-ring (bicyclic) bond motifs is 2. The minimum atomic E-state index is -0.705. The number of carboxylic acids is 1. The molecule has 4 atom stereocenters. The van der Waals surface area contributed by atoms with Crippen molar-refractivity contribution in [1.82, 2.24) is 0 Å². The Bertz CT molecular complexity index is 273. The van der Waals surface area contributed by atoms with Crippen LogP contribution in [-0.4, -0.2) is 17.6 Å². The predicted octanol–water partition coefficient (Wildman–Crippen LogP) is 1.72. The Hall–Kier alpha value is -0.570. The summed E-state index contributed by atoms with van der Waals surface area (Å²) in [6.45, 7) is 4.86. The van der Waals surface area contributed by atoms with Crippen LogP contribution < -0.4 is 5.73 Å². The smallest absolute Gasteiger partial charge is 0.308 e. The first-order chi connectivity index (χ1) is 6.98. The van der Waals surface area contributed by atoms with E-state index in [1.807, 2.05) is 0 Å². The Balaban J connectivity index is 2.13. The number of aliphatic carboxylic acids is 1. The molecule has 3 saturated carbocycles. The number of carboxylic acid groups (broad SMARTS) is 1. The third kappa shape index (κ3) is 1.48. The second kappa shape index (κ2) is 3.48. The summed E-state index contributed by atoms with van der Waals surface area (Å²) in [6.07, 6.45) is 3.48. The van der Waals surface area contributed by atoms with Gasteiger partial charge in [0.2, 0.25) is 0 Å². The van der Waals surface area contributed by atoms with Crippen molar-refractivity contribution in [3.8, 4) is 0 Å². The highest BCUT2D eigenvalue weighted by Gasteiger charge is 2.56. The number of nitrogens with two attached hydrogens (primary N) is 1. The maximum Gasteiger partial charge on any atom is 0.308 e. The van der Waals surface area contributed by atoms with Crippen LogP contribution in [0, 0.1) is 29.1 Å². The molecule has 0 saturated heterocycles. The maximum absolute atomic E-state index is 11.1. The molecule has 15 heavy (non-hydrogen) atoms. The van der Waals surface area contributed by atoms with E-state index >= 15 is 0 Å². The van der Waals surface area contributed by atoms with Crippen molar-refractivity contribution >= 4 is 5.97 Å². The quantitative estimate of drug-likeness (QED) is 0.747. The molecule has 3 heteroatoms. The van der Waals surface area contributed by atoms with Crippen molar-refractivity contribution < 1.29 is 9.90 Å². The van der Waals surface area contributed by atoms with E-state index in [1.165, 1.54) is 12.8 Å². The zero-order chi connectivity index (χ0) is 11.2. The van der Waals surface area contributed by atoms with Crippen LogP contribution in [0.15, 0.2) is 0 Å². The lowest BCUT2D eigenvalue weighted by atomic mass is 9.44. The Labute approximate surface area is 91.0 Å². The molecule has 3 fully saturated rings. The van der Waals surface area contributed by atoms with Gasteiger partial charge in [-0.2, -0.15) is 0 Å². The molecular weight excluding hydrogens is 190 g/mol. The number of rotatable bonds is 3. The van der Waals surface area contributed by atoms with Gasteiger partial charge >= 0.3 is 5.97 Å². The van der Waals surface area contributed by atoms with Gasteiger partial charge in [-0.05, 0) is 42.4 Å². The second-order valence-electron chi connectivity index (χ2n) is 5.78. The molecule has 0 aromatic carbocycles. The Morgan fingerprint density at radius 3 is 2.60 bits per heavy atom. The fourth-order valence-electron chi connectivity index (χ4n) is 3.81. The second-order valence-corrected chi connectivity index (χ2v) is 5.78. The third-order valence-electron chi connectivity index (χ3n) is 5.00. The summed E-state index contributed by atoms with van der Waals surface area (Å²) in [5, 5.41) is 9.15. The molecule has 3 N–H and O–H groups in total. The van der Waals surface area contributed by atoms with Crippen molar-refractivity contribution in [1.29, 1.82) is 0 Å². The van der Waals surface area contributed by atoms with Gasteiger partial charge < -0.3 is 10.8 Å². The van der Waals surface area contributed by atoms with E-state index in [0.717, 1.165) is 12.3 Å². The van der Waals surface area contributed by atoms with E-state index in [0.29, 0.717) is 17.3 Å². The SMILES string of the molecule is CC1(C)C2CCC(C(CN)C(=O)O)C1C2. The van der Waals surface area contributed by atoms with Crippen LogP contribution in [-0.2, 0) is 4.79 Å². The average Bonchev–Trinajstić information content (AvgIpc) is 2.18. The van der Waals surface area contributed by atoms with Crippen molar-refractivity contribution in [2.24, 2.45) is 34.8 Å². The Morgan fingerprint density at radius 2 is 2.20 bits per heavy atom. The normalized spacial score (nSPS) is 39.3. The summed E-state index contributed by atoms with van der Waals surface area (Å²) >= 11 is 0. The Kier molecular flexibility index (Phi) is 2.53. The van der Waals surface area contributed by atoms with E-state index in [1.54, 1.807) is 0 Å². The molecule has 2 bridgehead atoms.